The van der Waals surface area contributed by atoms with E-state index in [2.05, 4.69) is 87.7 Å². The molecule has 0 saturated carbocycles. The summed E-state index contributed by atoms with van der Waals surface area (Å²) in [5.74, 6) is 1.19. The lowest BCUT2D eigenvalue weighted by Crippen LogP contribution is -2.48. The summed E-state index contributed by atoms with van der Waals surface area (Å²) < 4.78 is 10.3. The Bertz CT molecular complexity index is 412. The number of hydrogen-bond acceptors (Lipinski definition) is 5. The van der Waals surface area contributed by atoms with Crippen molar-refractivity contribution in [2.75, 3.05) is 62.3 Å². The van der Waals surface area contributed by atoms with Gasteiger partial charge in [-0.05, 0) is 28.2 Å². The van der Waals surface area contributed by atoms with Crippen LogP contribution in [0.5, 0.6) is 0 Å². The molecule has 0 aromatic heterocycles. The van der Waals surface area contributed by atoms with Gasteiger partial charge in [0, 0.05) is 28.2 Å². The molecule has 1 aliphatic heterocycles. The van der Waals surface area contributed by atoms with Crippen molar-refractivity contribution in [3.63, 3.8) is 0 Å². The van der Waals surface area contributed by atoms with Crippen molar-refractivity contribution >= 4 is 48.8 Å². The second-order valence-corrected chi connectivity index (χ2v) is 15.3. The quantitative estimate of drug-likeness (QED) is 0.467. The van der Waals surface area contributed by atoms with Crippen molar-refractivity contribution in [3.05, 3.63) is 0 Å². The Morgan fingerprint density at radius 2 is 1.37 bits per heavy atom. The van der Waals surface area contributed by atoms with Gasteiger partial charge >= 0.3 is 0 Å². The van der Waals surface area contributed by atoms with Gasteiger partial charge in [0.15, 0.2) is 12.6 Å². The molecule has 0 saturated heterocycles. The first-order valence-corrected chi connectivity index (χ1v) is 10.7. The third-order valence-corrected chi connectivity index (χ3v) is 17.2. The first-order valence-electron chi connectivity index (χ1n) is 6.14. The van der Waals surface area contributed by atoms with Crippen LogP contribution >= 0.6 is 39.6 Å². The standard InChI is InChI=1S/C11H26N4P2S2/c1-12(2)16(13(3)4)9-17(14(5)6,15(7)8)10(16)11(18)19/h9H2,1-8H3/p+1. The van der Waals surface area contributed by atoms with Gasteiger partial charge in [0.05, 0.1) is 0 Å². The summed E-state index contributed by atoms with van der Waals surface area (Å²) in [6.07, 6.45) is 0. The van der Waals surface area contributed by atoms with Crippen LogP contribution in [0.2, 0.25) is 0 Å². The van der Waals surface area contributed by atoms with Gasteiger partial charge in [0.1, 0.15) is 17.3 Å². The maximum Gasteiger partial charge on any atom is 0.196 e. The van der Waals surface area contributed by atoms with Gasteiger partial charge in [0.2, 0.25) is 0 Å². The Morgan fingerprint density at radius 3 is 1.58 bits per heavy atom. The summed E-state index contributed by atoms with van der Waals surface area (Å²) in [6.45, 7) is 0. The molecule has 19 heavy (non-hydrogen) atoms. The fourth-order valence-corrected chi connectivity index (χ4v) is 19.2. The predicted molar refractivity (Wildman–Crippen MR) is 100 cm³/mol. The van der Waals surface area contributed by atoms with Crippen molar-refractivity contribution in [3.8, 4) is 0 Å². The maximum absolute atomic E-state index is 5.52. The van der Waals surface area contributed by atoms with Crippen LogP contribution in [0.1, 0.15) is 0 Å². The highest BCUT2D eigenvalue weighted by Crippen LogP contribution is 2.86. The monoisotopic (exact) mass is 341 g/mol. The maximum atomic E-state index is 5.52. The molecule has 0 amide bonds. The minimum atomic E-state index is -1.48. The van der Waals surface area contributed by atoms with Crippen molar-refractivity contribution in [1.82, 2.24) is 18.7 Å². The highest BCUT2D eigenvalue weighted by molar-refractivity contribution is 8.27. The number of nitrogens with zero attached hydrogens (tertiary/aromatic N) is 4. The molecule has 1 rings (SSSR count). The third kappa shape index (κ3) is 2.49. The molecule has 4 nitrogen and oxygen atoms in total. The zero-order valence-corrected chi connectivity index (χ0v) is 16.7. The van der Waals surface area contributed by atoms with Crippen LogP contribution in [0.15, 0.2) is 0 Å². The SMILES string of the molecule is CN(C)P1(N(C)C)=C(C(=S)S)[P+](N(C)C)(N(C)C)C1. The molecular formula is C11H27N4P2S2+. The summed E-state index contributed by atoms with van der Waals surface area (Å²) in [5, 5.41) is 1.41. The van der Waals surface area contributed by atoms with E-state index in [9.17, 15) is 0 Å². The van der Waals surface area contributed by atoms with Gasteiger partial charge in [0.25, 0.3) is 0 Å². The Balaban J connectivity index is 3.64. The van der Waals surface area contributed by atoms with E-state index in [1.807, 2.05) is 0 Å². The lowest BCUT2D eigenvalue weighted by molar-refractivity contribution is 0.544. The Hall–Kier alpha value is 1.01. The number of rotatable bonds is 5. The first-order chi connectivity index (χ1) is 8.55. The molecule has 0 spiro atoms. The minimum absolute atomic E-state index is 0.790. The van der Waals surface area contributed by atoms with Gasteiger partial charge < -0.3 is 0 Å². The molecule has 0 unspecified atom stereocenters. The first kappa shape index (κ1) is 18.1. The van der Waals surface area contributed by atoms with E-state index in [0.717, 1.165) is 4.20 Å². The van der Waals surface area contributed by atoms with Crippen LogP contribution in [0.25, 0.3) is 0 Å². The van der Waals surface area contributed by atoms with E-state index in [0.29, 0.717) is 0 Å². The van der Waals surface area contributed by atoms with Gasteiger partial charge in [-0.3, -0.25) is 9.34 Å². The van der Waals surface area contributed by atoms with Gasteiger partial charge in [-0.25, -0.2) is 0 Å². The number of hydrogen-bond donors (Lipinski definition) is 1. The van der Waals surface area contributed by atoms with E-state index in [1.54, 1.807) is 0 Å². The highest BCUT2D eigenvalue weighted by Gasteiger charge is 2.66. The fourth-order valence-electron chi connectivity index (χ4n) is 2.87. The second kappa shape index (κ2) is 6.02. The van der Waals surface area contributed by atoms with Crippen LogP contribution in [0.4, 0.5) is 0 Å². The molecule has 112 valence electrons. The zero-order chi connectivity index (χ0) is 15.2. The fraction of sp³-hybridized carbons (Fsp3) is 0.818. The molecule has 0 aromatic rings. The average molecular weight is 341 g/mol. The number of thiol groups is 1. The molecule has 0 aliphatic carbocycles. The predicted octanol–water partition coefficient (Wildman–Crippen LogP) is 2.29. The lowest BCUT2D eigenvalue weighted by Gasteiger charge is -2.54. The van der Waals surface area contributed by atoms with Crippen molar-refractivity contribution in [1.29, 1.82) is 0 Å². The summed E-state index contributed by atoms with van der Waals surface area (Å²) in [5.41, 5.74) is 0. The number of thiocarbonyl (C=S) groups is 1. The Labute approximate surface area is 130 Å². The van der Waals surface area contributed by atoms with Crippen molar-refractivity contribution in [2.45, 2.75) is 0 Å². The lowest BCUT2D eigenvalue weighted by atomic mass is 10.9. The molecule has 0 fully saturated rings. The van der Waals surface area contributed by atoms with E-state index >= 15 is 0 Å². The van der Waals surface area contributed by atoms with Crippen molar-refractivity contribution in [2.24, 2.45) is 0 Å². The van der Waals surface area contributed by atoms with E-state index in [-0.39, 0.29) is 0 Å². The molecule has 0 atom stereocenters. The summed E-state index contributed by atoms with van der Waals surface area (Å²) in [6, 6.07) is 0. The van der Waals surface area contributed by atoms with Crippen LogP contribution in [0.3, 0.4) is 0 Å². The largest absolute Gasteiger partial charge is 0.272 e. The Kier molecular flexibility index (Phi) is 5.72. The molecular weight excluding hydrogens is 314 g/mol. The average Bonchev–Trinajstić information content (AvgIpc) is 2.12. The van der Waals surface area contributed by atoms with Crippen LogP contribution in [0, 0.1) is 0 Å². The molecule has 1 aliphatic rings. The van der Waals surface area contributed by atoms with E-state index in [4.69, 9.17) is 12.2 Å². The molecule has 0 aromatic carbocycles. The normalized spacial score (nSPS) is 21.4. The van der Waals surface area contributed by atoms with Gasteiger partial charge in [-0.15, -0.1) is 12.6 Å². The molecule has 0 radical (unpaired) electrons. The third-order valence-electron chi connectivity index (χ3n) is 3.91. The smallest absolute Gasteiger partial charge is 0.196 e. The van der Waals surface area contributed by atoms with E-state index < -0.39 is 14.8 Å². The topological polar surface area (TPSA) is 13.0 Å². The highest BCUT2D eigenvalue weighted by atomic mass is 32.1. The van der Waals surface area contributed by atoms with E-state index in [1.165, 1.54) is 10.9 Å². The van der Waals surface area contributed by atoms with Gasteiger partial charge in [-0.1, -0.05) is 12.2 Å². The molecule has 0 bridgehead atoms. The minimum Gasteiger partial charge on any atom is -0.272 e. The molecule has 8 heteroatoms. The molecule has 0 N–H and O–H groups in total. The van der Waals surface area contributed by atoms with Gasteiger partial charge in [-0.2, -0.15) is 9.34 Å². The summed E-state index contributed by atoms with van der Waals surface area (Å²) in [7, 11) is 14.4. The van der Waals surface area contributed by atoms with Crippen LogP contribution in [-0.2, 0) is 0 Å². The van der Waals surface area contributed by atoms with Crippen LogP contribution < -0.4 is 0 Å². The Morgan fingerprint density at radius 1 is 1.00 bits per heavy atom. The van der Waals surface area contributed by atoms with Crippen molar-refractivity contribution < 1.29 is 0 Å². The summed E-state index contributed by atoms with van der Waals surface area (Å²) in [4.78, 5) is 0. The van der Waals surface area contributed by atoms with Crippen LogP contribution in [-0.4, -0.2) is 90.2 Å². The molecule has 1 heterocycles. The summed E-state index contributed by atoms with van der Waals surface area (Å²) >= 11 is 10.1. The zero-order valence-electron chi connectivity index (χ0n) is 13.2. The second-order valence-electron chi connectivity index (χ2n) is 5.62.